The predicted molar refractivity (Wildman–Crippen MR) is 252 cm³/mol. The van der Waals surface area contributed by atoms with E-state index >= 15 is 0 Å². The van der Waals surface area contributed by atoms with Crippen molar-refractivity contribution in [1.29, 1.82) is 0 Å². The Morgan fingerprint density at radius 2 is 0.857 bits per heavy atom. The maximum atomic E-state index is 12.9. The first-order valence-electron chi connectivity index (χ1n) is 22.2. The van der Waals surface area contributed by atoms with Gasteiger partial charge in [-0.15, -0.1) is 0 Å². The number of phenolic OH excluding ortho intramolecular Hbond substituents is 2. The van der Waals surface area contributed by atoms with Crippen molar-refractivity contribution < 1.29 is 38.7 Å². The van der Waals surface area contributed by atoms with E-state index < -0.39 is 11.9 Å². The molecule has 0 radical (unpaired) electrons. The number of fused-ring (bicyclic) bond motifs is 2. The molecule has 0 heterocycles. The largest absolute Gasteiger partial charge is 0.507 e. The highest BCUT2D eigenvalue weighted by atomic mass is 16.5. The van der Waals surface area contributed by atoms with Crippen molar-refractivity contribution in [3.8, 4) is 34.5 Å². The van der Waals surface area contributed by atoms with Gasteiger partial charge in [0.05, 0.1) is 24.3 Å². The van der Waals surface area contributed by atoms with Crippen molar-refractivity contribution in [3.05, 3.63) is 131 Å². The first-order chi connectivity index (χ1) is 30.8. The Balaban J connectivity index is 0.877. The molecule has 0 atom stereocenters. The summed E-state index contributed by atoms with van der Waals surface area (Å²) < 4.78 is 22.9. The fourth-order valence-electron chi connectivity index (χ4n) is 6.95. The quantitative estimate of drug-likeness (QED) is 0.0266. The molecule has 63 heavy (non-hydrogen) atoms. The lowest BCUT2D eigenvalue weighted by atomic mass is 10.1. The summed E-state index contributed by atoms with van der Waals surface area (Å²) in [4.78, 5) is 34.8. The SMILES string of the molecule is CCCCCCOc1ccc2cc(C(=O)Oc3ccc(C=NCCCCCN=Cc4ccc(OC(=O)c5ccc6cc(OCCCCCC)ccc6c5)cc4O)c(O)c3)ccc2c1. The van der Waals surface area contributed by atoms with Crippen LogP contribution in [0.4, 0.5) is 0 Å². The number of carbonyl (C=O) groups excluding carboxylic acids is 2. The smallest absolute Gasteiger partial charge is 0.343 e. The fourth-order valence-corrected chi connectivity index (χ4v) is 6.95. The van der Waals surface area contributed by atoms with Crippen LogP contribution in [0.3, 0.4) is 0 Å². The molecule has 6 aromatic carbocycles. The van der Waals surface area contributed by atoms with Gasteiger partial charge in [-0.05, 0) is 126 Å². The topological polar surface area (TPSA) is 136 Å². The highest BCUT2D eigenvalue weighted by molar-refractivity contribution is 5.98. The van der Waals surface area contributed by atoms with Crippen LogP contribution >= 0.6 is 0 Å². The molecule has 0 saturated carbocycles. The second kappa shape index (κ2) is 24.1. The summed E-state index contributed by atoms with van der Waals surface area (Å²) in [5.74, 6) is 0.993. The van der Waals surface area contributed by atoms with Gasteiger partial charge < -0.3 is 29.2 Å². The minimum absolute atomic E-state index is 0.0356. The van der Waals surface area contributed by atoms with E-state index in [1.165, 1.54) is 37.8 Å². The summed E-state index contributed by atoms with van der Waals surface area (Å²) in [6.07, 6.45) is 15.0. The number of hydrogen-bond acceptors (Lipinski definition) is 10. The van der Waals surface area contributed by atoms with E-state index in [1.807, 2.05) is 48.5 Å². The van der Waals surface area contributed by atoms with E-state index in [2.05, 4.69) is 23.8 Å². The number of nitrogens with zero attached hydrogens (tertiary/aromatic N) is 2. The zero-order valence-corrected chi connectivity index (χ0v) is 36.4. The minimum atomic E-state index is -0.516. The third-order valence-corrected chi connectivity index (χ3v) is 10.6. The zero-order chi connectivity index (χ0) is 44.2. The molecule has 0 unspecified atom stereocenters. The van der Waals surface area contributed by atoms with Gasteiger partial charge in [-0.3, -0.25) is 9.98 Å². The van der Waals surface area contributed by atoms with E-state index in [9.17, 15) is 19.8 Å². The Bertz CT molecular complexity index is 2340. The van der Waals surface area contributed by atoms with Crippen molar-refractivity contribution in [2.75, 3.05) is 26.3 Å². The Kier molecular flexibility index (Phi) is 17.5. The van der Waals surface area contributed by atoms with Gasteiger partial charge in [0.2, 0.25) is 0 Å². The standard InChI is InChI=1S/C53H58N2O8/c1-3-5-7-12-28-60-46-22-18-38-30-42(16-14-40(38)32-46)52(58)62-48-24-20-44(50(56)34-48)36-54-26-10-9-11-27-55-37-45-21-25-49(35-51(45)57)63-53(59)43-17-15-41-33-47(23-19-39(41)31-43)61-29-13-8-6-4-2/h14-25,30-37,56-57H,3-13,26-29H2,1-2H3. The number of hydrogen-bond donors (Lipinski definition) is 2. The van der Waals surface area contributed by atoms with E-state index in [1.54, 1.807) is 61.0 Å². The highest BCUT2D eigenvalue weighted by Crippen LogP contribution is 2.28. The molecule has 6 rings (SSSR count). The lowest BCUT2D eigenvalue weighted by Crippen LogP contribution is -2.08. The molecule has 0 aromatic heterocycles. The molecular formula is C53H58N2O8. The van der Waals surface area contributed by atoms with Gasteiger partial charge in [0, 0.05) is 48.8 Å². The summed E-state index contributed by atoms with van der Waals surface area (Å²) in [6, 6.07) is 31.9. The normalized spacial score (nSPS) is 11.5. The highest BCUT2D eigenvalue weighted by Gasteiger charge is 2.13. The number of phenols is 2. The van der Waals surface area contributed by atoms with Crippen molar-refractivity contribution in [2.45, 2.75) is 84.5 Å². The molecule has 0 saturated heterocycles. The molecule has 0 fully saturated rings. The maximum Gasteiger partial charge on any atom is 0.343 e. The molecule has 0 amide bonds. The van der Waals surface area contributed by atoms with Crippen LogP contribution in [-0.2, 0) is 0 Å². The molecule has 328 valence electrons. The van der Waals surface area contributed by atoms with Crippen LogP contribution in [0.5, 0.6) is 34.5 Å². The Labute approximate surface area is 370 Å². The lowest BCUT2D eigenvalue weighted by molar-refractivity contribution is 0.0725. The van der Waals surface area contributed by atoms with Crippen LogP contribution < -0.4 is 18.9 Å². The van der Waals surface area contributed by atoms with Crippen molar-refractivity contribution in [1.82, 2.24) is 0 Å². The number of ether oxygens (including phenoxy) is 4. The third kappa shape index (κ3) is 14.2. The lowest BCUT2D eigenvalue weighted by Gasteiger charge is -2.09. The molecule has 10 heteroatoms. The first kappa shape index (κ1) is 45.8. The molecule has 0 aliphatic heterocycles. The predicted octanol–water partition coefficient (Wildman–Crippen LogP) is 12.5. The first-order valence-corrected chi connectivity index (χ1v) is 22.2. The van der Waals surface area contributed by atoms with Gasteiger partial charge >= 0.3 is 11.9 Å². The number of unbranched alkanes of at least 4 members (excludes halogenated alkanes) is 8. The van der Waals surface area contributed by atoms with Crippen molar-refractivity contribution >= 4 is 45.9 Å². The summed E-state index contributed by atoms with van der Waals surface area (Å²) >= 11 is 0. The van der Waals surface area contributed by atoms with Gasteiger partial charge in [0.15, 0.2) is 0 Å². The average molecular weight is 851 g/mol. The van der Waals surface area contributed by atoms with Gasteiger partial charge in [-0.25, -0.2) is 9.59 Å². The number of benzene rings is 6. The number of esters is 2. The van der Waals surface area contributed by atoms with E-state index in [-0.39, 0.29) is 23.0 Å². The van der Waals surface area contributed by atoms with Crippen LogP contribution in [0, 0.1) is 0 Å². The third-order valence-electron chi connectivity index (χ3n) is 10.6. The van der Waals surface area contributed by atoms with E-state index in [0.29, 0.717) is 48.6 Å². The van der Waals surface area contributed by atoms with Gasteiger partial charge in [-0.1, -0.05) is 76.6 Å². The summed E-state index contributed by atoms with van der Waals surface area (Å²) in [6.45, 7) is 6.90. The van der Waals surface area contributed by atoms with Crippen LogP contribution in [0.1, 0.15) is 116 Å². The Hall–Kier alpha value is -6.68. The molecule has 0 spiro atoms. The maximum absolute atomic E-state index is 12.9. The van der Waals surface area contributed by atoms with Crippen LogP contribution in [0.15, 0.2) is 119 Å². The summed E-state index contributed by atoms with van der Waals surface area (Å²) in [5.41, 5.74) is 1.86. The fraction of sp³-hybridized carbons (Fsp3) is 0.321. The monoisotopic (exact) mass is 850 g/mol. The molecule has 2 N–H and O–H groups in total. The zero-order valence-electron chi connectivity index (χ0n) is 36.4. The summed E-state index contributed by atoms with van der Waals surface area (Å²) in [7, 11) is 0. The summed E-state index contributed by atoms with van der Waals surface area (Å²) in [5, 5.41) is 24.9. The molecule has 10 nitrogen and oxygen atoms in total. The molecule has 0 aliphatic rings. The molecule has 0 aliphatic carbocycles. The molecule has 6 aromatic rings. The van der Waals surface area contributed by atoms with Gasteiger partial charge in [0.1, 0.15) is 34.5 Å². The number of carbonyl (C=O) groups is 2. The number of aromatic hydroxyl groups is 2. The van der Waals surface area contributed by atoms with Gasteiger partial charge in [0.25, 0.3) is 0 Å². The second-order valence-electron chi connectivity index (χ2n) is 15.6. The van der Waals surface area contributed by atoms with E-state index in [4.69, 9.17) is 18.9 Å². The van der Waals surface area contributed by atoms with E-state index in [0.717, 1.165) is 78.0 Å². The Morgan fingerprint density at radius 3 is 1.29 bits per heavy atom. The average Bonchev–Trinajstić information content (AvgIpc) is 3.29. The second-order valence-corrected chi connectivity index (χ2v) is 15.6. The van der Waals surface area contributed by atoms with Crippen molar-refractivity contribution in [2.24, 2.45) is 9.98 Å². The number of aliphatic imine (C=N–C) groups is 2. The Morgan fingerprint density at radius 1 is 0.460 bits per heavy atom. The minimum Gasteiger partial charge on any atom is -0.507 e. The molecule has 0 bridgehead atoms. The van der Waals surface area contributed by atoms with Crippen LogP contribution in [0.2, 0.25) is 0 Å². The van der Waals surface area contributed by atoms with Crippen LogP contribution in [-0.4, -0.2) is 60.9 Å². The van der Waals surface area contributed by atoms with Crippen molar-refractivity contribution in [3.63, 3.8) is 0 Å². The number of rotatable bonds is 24. The molecular weight excluding hydrogens is 793 g/mol. The van der Waals surface area contributed by atoms with Gasteiger partial charge in [-0.2, -0.15) is 0 Å². The van der Waals surface area contributed by atoms with Crippen LogP contribution in [0.25, 0.3) is 21.5 Å².